The zero-order chi connectivity index (χ0) is 26.6. The molecule has 1 amide bonds. The van der Waals surface area contributed by atoms with Gasteiger partial charge in [0.2, 0.25) is 5.91 Å². The molecule has 0 atom stereocenters. The molecule has 0 bridgehead atoms. The highest BCUT2D eigenvalue weighted by atomic mass is 32.2. The van der Waals surface area contributed by atoms with Crippen molar-refractivity contribution in [3.8, 4) is 28.3 Å². The maximum absolute atomic E-state index is 13.7. The number of hydrogen-bond donors (Lipinski definition) is 2. The van der Waals surface area contributed by atoms with Crippen LogP contribution in [0.15, 0.2) is 88.9 Å². The van der Waals surface area contributed by atoms with Crippen LogP contribution in [0.4, 0.5) is 5.69 Å². The van der Waals surface area contributed by atoms with Crippen molar-refractivity contribution in [1.82, 2.24) is 14.5 Å². The summed E-state index contributed by atoms with van der Waals surface area (Å²) in [7, 11) is 3.09. The van der Waals surface area contributed by atoms with Gasteiger partial charge in [0, 0.05) is 17.8 Å². The molecule has 8 nitrogen and oxygen atoms in total. The predicted octanol–water partition coefficient (Wildman–Crippen LogP) is 5.44. The van der Waals surface area contributed by atoms with Gasteiger partial charge in [0.15, 0.2) is 5.16 Å². The lowest BCUT2D eigenvalue weighted by molar-refractivity contribution is -0.113. The largest absolute Gasteiger partial charge is 0.497 e. The van der Waals surface area contributed by atoms with Gasteiger partial charge < -0.3 is 19.8 Å². The highest BCUT2D eigenvalue weighted by Gasteiger charge is 2.19. The Morgan fingerprint density at radius 3 is 2.58 bits per heavy atom. The number of carbonyl (C=O) groups excluding carboxylic acids is 1. The van der Waals surface area contributed by atoms with Gasteiger partial charge in [-0.2, -0.15) is 0 Å². The van der Waals surface area contributed by atoms with Crippen molar-refractivity contribution in [3.63, 3.8) is 0 Å². The van der Waals surface area contributed by atoms with Crippen molar-refractivity contribution in [2.24, 2.45) is 0 Å². The number of nitrogens with zero attached hydrogens (tertiary/aromatic N) is 2. The van der Waals surface area contributed by atoms with E-state index in [-0.39, 0.29) is 17.2 Å². The monoisotopic (exact) mass is 526 g/mol. The van der Waals surface area contributed by atoms with Crippen LogP contribution in [0, 0.1) is 6.92 Å². The van der Waals surface area contributed by atoms with Gasteiger partial charge in [0.1, 0.15) is 22.5 Å². The first-order valence-electron chi connectivity index (χ1n) is 11.9. The normalized spacial score (nSPS) is 10.9. The maximum Gasteiger partial charge on any atom is 0.283 e. The molecule has 192 valence electrons. The summed E-state index contributed by atoms with van der Waals surface area (Å²) in [4.78, 5) is 34.7. The fourth-order valence-corrected chi connectivity index (χ4v) is 4.99. The molecule has 0 spiro atoms. The molecule has 2 aromatic heterocycles. The number of carbonyl (C=O) groups is 1. The second-order valence-corrected chi connectivity index (χ2v) is 9.51. The van der Waals surface area contributed by atoms with Crippen molar-refractivity contribution in [1.29, 1.82) is 0 Å². The van der Waals surface area contributed by atoms with E-state index in [1.807, 2.05) is 61.5 Å². The van der Waals surface area contributed by atoms with E-state index >= 15 is 0 Å². The topological polar surface area (TPSA) is 98.2 Å². The van der Waals surface area contributed by atoms with Crippen molar-refractivity contribution in [2.75, 3.05) is 25.3 Å². The molecule has 2 heterocycles. The number of hydrogen-bond acceptors (Lipinski definition) is 6. The second kappa shape index (κ2) is 10.9. The van der Waals surface area contributed by atoms with Crippen LogP contribution in [0.5, 0.6) is 11.5 Å². The van der Waals surface area contributed by atoms with Crippen molar-refractivity contribution in [2.45, 2.75) is 12.1 Å². The molecule has 0 fully saturated rings. The number of nitrogens with one attached hydrogen (secondary N) is 2. The maximum atomic E-state index is 13.7. The lowest BCUT2D eigenvalue weighted by Gasteiger charge is -2.14. The van der Waals surface area contributed by atoms with Gasteiger partial charge in [0.25, 0.3) is 5.56 Å². The molecule has 3 aromatic carbocycles. The summed E-state index contributed by atoms with van der Waals surface area (Å²) in [6.07, 6.45) is 1.80. The molecular weight excluding hydrogens is 500 g/mol. The van der Waals surface area contributed by atoms with Crippen molar-refractivity contribution >= 4 is 34.4 Å². The number of fused-ring (bicyclic) bond motifs is 1. The van der Waals surface area contributed by atoms with Crippen LogP contribution in [-0.4, -0.2) is 40.4 Å². The molecule has 0 radical (unpaired) electrons. The lowest BCUT2D eigenvalue weighted by atomic mass is 10.1. The number of aromatic nitrogens is 3. The Morgan fingerprint density at radius 1 is 1.03 bits per heavy atom. The molecular formula is C29H26N4O4S. The number of rotatable bonds is 8. The SMILES string of the molecule is COc1ccc(NC(=O)CSc2nc3c(-c4ccccc4)c[nH]c3c(=O)n2-c2cccc(C)c2)c(OC)c1. The summed E-state index contributed by atoms with van der Waals surface area (Å²) in [6.45, 7) is 1.96. The summed E-state index contributed by atoms with van der Waals surface area (Å²) in [5, 5.41) is 3.29. The molecule has 5 aromatic rings. The smallest absolute Gasteiger partial charge is 0.283 e. The number of thioether (sulfide) groups is 1. The van der Waals surface area contributed by atoms with Crippen molar-refractivity contribution in [3.05, 3.63) is 94.9 Å². The van der Waals surface area contributed by atoms with E-state index in [9.17, 15) is 9.59 Å². The third kappa shape index (κ3) is 5.01. The second-order valence-electron chi connectivity index (χ2n) is 8.57. The average Bonchev–Trinajstić information content (AvgIpc) is 3.37. The van der Waals surface area contributed by atoms with E-state index in [0.717, 1.165) is 16.7 Å². The minimum atomic E-state index is -0.263. The molecule has 0 aliphatic heterocycles. The minimum absolute atomic E-state index is 0.0318. The first-order chi connectivity index (χ1) is 18.5. The zero-order valence-corrected chi connectivity index (χ0v) is 22.0. The number of H-pyrrole nitrogens is 1. The number of benzene rings is 3. The number of amides is 1. The molecule has 0 aliphatic rings. The Balaban J connectivity index is 1.52. The molecule has 0 saturated carbocycles. The quantitative estimate of drug-likeness (QED) is 0.206. The number of aryl methyl sites for hydroxylation is 1. The summed E-state index contributed by atoms with van der Waals surface area (Å²) in [6, 6.07) is 22.6. The van der Waals surface area contributed by atoms with Crippen molar-refractivity contribution < 1.29 is 14.3 Å². The van der Waals surface area contributed by atoms with Gasteiger partial charge in [-0.05, 0) is 42.3 Å². The average molecular weight is 527 g/mol. The Morgan fingerprint density at radius 2 is 1.84 bits per heavy atom. The fraction of sp³-hybridized carbons (Fsp3) is 0.138. The van der Waals surface area contributed by atoms with Crippen LogP contribution < -0.4 is 20.3 Å². The highest BCUT2D eigenvalue weighted by molar-refractivity contribution is 7.99. The van der Waals surface area contributed by atoms with Gasteiger partial charge in [0.05, 0.1) is 31.3 Å². The number of aromatic amines is 1. The summed E-state index contributed by atoms with van der Waals surface area (Å²) < 4.78 is 12.2. The molecule has 0 saturated heterocycles. The van der Waals surface area contributed by atoms with Gasteiger partial charge in [-0.15, -0.1) is 0 Å². The van der Waals surface area contributed by atoms with E-state index in [1.165, 1.54) is 18.9 Å². The highest BCUT2D eigenvalue weighted by Crippen LogP contribution is 2.31. The van der Waals surface area contributed by atoms with E-state index in [4.69, 9.17) is 14.5 Å². The van der Waals surface area contributed by atoms with Crippen LogP contribution in [0.25, 0.3) is 27.8 Å². The Kier molecular flexibility index (Phi) is 7.19. The summed E-state index contributed by atoms with van der Waals surface area (Å²) in [5.74, 6) is 0.874. The molecule has 2 N–H and O–H groups in total. The van der Waals surface area contributed by atoms with E-state index < -0.39 is 0 Å². The van der Waals surface area contributed by atoms with Gasteiger partial charge >= 0.3 is 0 Å². The Labute approximate surface area is 223 Å². The Hall–Kier alpha value is -4.50. The number of methoxy groups -OCH3 is 2. The Bertz CT molecular complexity index is 1680. The lowest BCUT2D eigenvalue weighted by Crippen LogP contribution is -2.23. The summed E-state index contributed by atoms with van der Waals surface area (Å²) in [5.41, 5.74) is 4.71. The molecule has 9 heteroatoms. The van der Waals surface area contributed by atoms with Crippen LogP contribution in [0.3, 0.4) is 0 Å². The zero-order valence-electron chi connectivity index (χ0n) is 21.1. The van der Waals surface area contributed by atoms with Crippen LogP contribution in [0.1, 0.15) is 5.56 Å². The first kappa shape index (κ1) is 25.2. The van der Waals surface area contributed by atoms with E-state index in [1.54, 1.807) is 36.1 Å². The molecule has 0 unspecified atom stereocenters. The van der Waals surface area contributed by atoms with Gasteiger partial charge in [-0.25, -0.2) is 4.98 Å². The minimum Gasteiger partial charge on any atom is -0.497 e. The van der Waals surface area contributed by atoms with Crippen LogP contribution >= 0.6 is 11.8 Å². The molecule has 5 rings (SSSR count). The number of ether oxygens (including phenoxy) is 2. The van der Waals surface area contributed by atoms with Gasteiger partial charge in [-0.3, -0.25) is 14.2 Å². The third-order valence-electron chi connectivity index (χ3n) is 6.03. The third-order valence-corrected chi connectivity index (χ3v) is 6.97. The number of anilines is 1. The fourth-order valence-electron chi connectivity index (χ4n) is 4.19. The molecule has 0 aliphatic carbocycles. The predicted molar refractivity (Wildman–Crippen MR) is 151 cm³/mol. The van der Waals surface area contributed by atoms with Crippen LogP contribution in [-0.2, 0) is 4.79 Å². The van der Waals surface area contributed by atoms with Crippen LogP contribution in [0.2, 0.25) is 0 Å². The van der Waals surface area contributed by atoms with E-state index in [0.29, 0.717) is 39.1 Å². The standard InChI is InChI=1S/C29H26N4O4S/c1-18-8-7-11-20(14-18)33-28(35)27-26(22(16-30-27)19-9-5-4-6-10-19)32-29(33)38-17-25(34)31-23-13-12-21(36-2)15-24(23)37-3/h4-16,30H,17H2,1-3H3,(H,31,34). The summed E-state index contributed by atoms with van der Waals surface area (Å²) >= 11 is 1.19. The van der Waals surface area contributed by atoms with E-state index in [2.05, 4.69) is 10.3 Å². The van der Waals surface area contributed by atoms with Gasteiger partial charge in [-0.1, -0.05) is 54.2 Å². The molecule has 38 heavy (non-hydrogen) atoms. The first-order valence-corrected chi connectivity index (χ1v) is 12.9.